The summed E-state index contributed by atoms with van der Waals surface area (Å²) in [6, 6.07) is 3.92. The number of urea groups is 1. The minimum Gasteiger partial charge on any atom is -0.467 e. The van der Waals surface area contributed by atoms with Gasteiger partial charge in [0, 0.05) is 45.4 Å². The molecular weight excluding hydrogens is 310 g/mol. The fraction of sp³-hybridized carbons (Fsp3) is 0.706. The van der Waals surface area contributed by atoms with E-state index in [-0.39, 0.29) is 12.1 Å². The first-order chi connectivity index (χ1) is 11.8. The lowest BCUT2D eigenvalue weighted by atomic mass is 10.1. The molecule has 134 valence electrons. The number of nitrogens with zero attached hydrogens (tertiary/aromatic N) is 2. The number of hydrogen-bond donors (Lipinski definition) is 1. The monoisotopic (exact) mass is 337 g/mol. The normalized spacial score (nSPS) is 20.0. The molecule has 0 radical (unpaired) electrons. The SMILES string of the molecule is O=C(NCc1ccco1)N(CCN1CCOCC1)C1CCOCC1. The van der Waals surface area contributed by atoms with E-state index in [4.69, 9.17) is 13.9 Å². The molecule has 2 aliphatic heterocycles. The van der Waals surface area contributed by atoms with Gasteiger partial charge in [0.1, 0.15) is 5.76 Å². The second kappa shape index (κ2) is 9.05. The van der Waals surface area contributed by atoms with Crippen LogP contribution < -0.4 is 5.32 Å². The van der Waals surface area contributed by atoms with Crippen molar-refractivity contribution in [1.82, 2.24) is 15.1 Å². The first-order valence-corrected chi connectivity index (χ1v) is 8.77. The van der Waals surface area contributed by atoms with Gasteiger partial charge in [-0.3, -0.25) is 4.90 Å². The number of amides is 2. The summed E-state index contributed by atoms with van der Waals surface area (Å²) in [4.78, 5) is 17.0. The molecule has 0 aliphatic carbocycles. The van der Waals surface area contributed by atoms with Crippen LogP contribution in [0.2, 0.25) is 0 Å². The molecule has 24 heavy (non-hydrogen) atoms. The molecule has 2 saturated heterocycles. The van der Waals surface area contributed by atoms with Gasteiger partial charge in [-0.15, -0.1) is 0 Å². The van der Waals surface area contributed by atoms with Crippen LogP contribution in [0.4, 0.5) is 4.79 Å². The molecular formula is C17H27N3O4. The lowest BCUT2D eigenvalue weighted by molar-refractivity contribution is 0.0225. The molecule has 0 unspecified atom stereocenters. The maximum atomic E-state index is 12.7. The third kappa shape index (κ3) is 4.96. The van der Waals surface area contributed by atoms with Crippen molar-refractivity contribution >= 4 is 6.03 Å². The van der Waals surface area contributed by atoms with Gasteiger partial charge in [0.2, 0.25) is 0 Å². The molecule has 2 amide bonds. The van der Waals surface area contributed by atoms with Crippen LogP contribution in [0.1, 0.15) is 18.6 Å². The maximum absolute atomic E-state index is 12.7. The summed E-state index contributed by atoms with van der Waals surface area (Å²) in [7, 11) is 0. The smallest absolute Gasteiger partial charge is 0.318 e. The molecule has 3 rings (SSSR count). The average molecular weight is 337 g/mol. The van der Waals surface area contributed by atoms with E-state index in [1.165, 1.54) is 0 Å². The molecule has 0 saturated carbocycles. The summed E-state index contributed by atoms with van der Waals surface area (Å²) in [6.45, 7) is 6.93. The number of furan rings is 1. The maximum Gasteiger partial charge on any atom is 0.318 e. The summed E-state index contributed by atoms with van der Waals surface area (Å²) in [5.41, 5.74) is 0. The number of carbonyl (C=O) groups is 1. The van der Waals surface area contributed by atoms with E-state index in [2.05, 4.69) is 10.2 Å². The summed E-state index contributed by atoms with van der Waals surface area (Å²) >= 11 is 0. The van der Waals surface area contributed by atoms with Gasteiger partial charge in [0.05, 0.1) is 26.0 Å². The van der Waals surface area contributed by atoms with Crippen molar-refractivity contribution in [3.63, 3.8) is 0 Å². The van der Waals surface area contributed by atoms with Crippen molar-refractivity contribution in [1.29, 1.82) is 0 Å². The Balaban J connectivity index is 1.54. The van der Waals surface area contributed by atoms with Crippen LogP contribution in [0.15, 0.2) is 22.8 Å². The van der Waals surface area contributed by atoms with Crippen LogP contribution in [0.25, 0.3) is 0 Å². The quantitative estimate of drug-likeness (QED) is 0.848. The van der Waals surface area contributed by atoms with Crippen LogP contribution >= 0.6 is 0 Å². The third-order valence-electron chi connectivity index (χ3n) is 4.65. The zero-order valence-corrected chi connectivity index (χ0v) is 14.1. The molecule has 1 N–H and O–H groups in total. The average Bonchev–Trinajstić information content (AvgIpc) is 3.15. The van der Waals surface area contributed by atoms with Crippen LogP contribution in [0.3, 0.4) is 0 Å². The number of carbonyl (C=O) groups excluding carboxylic acids is 1. The second-order valence-corrected chi connectivity index (χ2v) is 6.23. The minimum atomic E-state index is -0.0217. The highest BCUT2D eigenvalue weighted by Gasteiger charge is 2.26. The highest BCUT2D eigenvalue weighted by molar-refractivity contribution is 5.74. The summed E-state index contributed by atoms with van der Waals surface area (Å²) in [5, 5.41) is 2.98. The van der Waals surface area contributed by atoms with Crippen molar-refractivity contribution in [3.8, 4) is 0 Å². The van der Waals surface area contributed by atoms with Crippen LogP contribution in [0, 0.1) is 0 Å². The van der Waals surface area contributed by atoms with E-state index in [9.17, 15) is 4.79 Å². The molecule has 1 aromatic heterocycles. The fourth-order valence-corrected chi connectivity index (χ4v) is 3.20. The van der Waals surface area contributed by atoms with Crippen LogP contribution in [-0.2, 0) is 16.0 Å². The third-order valence-corrected chi connectivity index (χ3v) is 4.65. The molecule has 7 heteroatoms. The lowest BCUT2D eigenvalue weighted by Gasteiger charge is -2.36. The highest BCUT2D eigenvalue weighted by atomic mass is 16.5. The van der Waals surface area contributed by atoms with E-state index in [1.54, 1.807) is 6.26 Å². The van der Waals surface area contributed by atoms with Crippen molar-refractivity contribution in [2.45, 2.75) is 25.4 Å². The van der Waals surface area contributed by atoms with Gasteiger partial charge in [-0.25, -0.2) is 4.79 Å². The molecule has 1 aromatic rings. The first-order valence-electron chi connectivity index (χ1n) is 8.77. The summed E-state index contributed by atoms with van der Waals surface area (Å²) in [5.74, 6) is 0.767. The molecule has 0 atom stereocenters. The van der Waals surface area contributed by atoms with Crippen molar-refractivity contribution < 1.29 is 18.7 Å². The zero-order chi connectivity index (χ0) is 16.6. The van der Waals surface area contributed by atoms with Crippen molar-refractivity contribution in [2.24, 2.45) is 0 Å². The molecule has 0 bridgehead atoms. The number of morpholine rings is 1. The van der Waals surface area contributed by atoms with Gasteiger partial charge in [0.15, 0.2) is 0 Å². The Morgan fingerprint density at radius 1 is 1.21 bits per heavy atom. The van der Waals surface area contributed by atoms with Gasteiger partial charge in [-0.1, -0.05) is 0 Å². The van der Waals surface area contributed by atoms with Gasteiger partial charge in [-0.05, 0) is 25.0 Å². The zero-order valence-electron chi connectivity index (χ0n) is 14.1. The molecule has 0 spiro atoms. The second-order valence-electron chi connectivity index (χ2n) is 6.23. The Kier molecular flexibility index (Phi) is 6.51. The number of nitrogens with one attached hydrogen (secondary N) is 1. The van der Waals surface area contributed by atoms with Gasteiger partial charge < -0.3 is 24.1 Å². The van der Waals surface area contributed by atoms with E-state index >= 15 is 0 Å². The minimum absolute atomic E-state index is 0.0217. The van der Waals surface area contributed by atoms with E-state index in [1.807, 2.05) is 17.0 Å². The Labute approximate surface area is 142 Å². The van der Waals surface area contributed by atoms with Gasteiger partial charge in [0.25, 0.3) is 0 Å². The Hall–Kier alpha value is -1.57. The molecule has 3 heterocycles. The van der Waals surface area contributed by atoms with Gasteiger partial charge >= 0.3 is 6.03 Å². The molecule has 2 fully saturated rings. The van der Waals surface area contributed by atoms with E-state index in [0.29, 0.717) is 6.54 Å². The van der Waals surface area contributed by atoms with E-state index < -0.39 is 0 Å². The Morgan fingerprint density at radius 3 is 2.67 bits per heavy atom. The number of ether oxygens (including phenoxy) is 2. The Morgan fingerprint density at radius 2 is 1.96 bits per heavy atom. The molecule has 7 nitrogen and oxygen atoms in total. The largest absolute Gasteiger partial charge is 0.467 e. The predicted molar refractivity (Wildman–Crippen MR) is 88.7 cm³/mol. The molecule has 2 aliphatic rings. The summed E-state index contributed by atoms with van der Waals surface area (Å²) < 4.78 is 16.1. The predicted octanol–water partition coefficient (Wildman–Crippen LogP) is 1.30. The highest BCUT2D eigenvalue weighted by Crippen LogP contribution is 2.15. The molecule has 0 aromatic carbocycles. The number of rotatable bonds is 6. The van der Waals surface area contributed by atoms with Crippen LogP contribution in [-0.4, -0.2) is 74.5 Å². The summed E-state index contributed by atoms with van der Waals surface area (Å²) in [6.07, 6.45) is 3.42. The van der Waals surface area contributed by atoms with Crippen molar-refractivity contribution in [3.05, 3.63) is 24.2 Å². The standard InChI is InChI=1S/C17H27N3O4/c21-17(18-14-16-2-1-9-24-16)20(15-3-10-22-11-4-15)6-5-19-7-12-23-13-8-19/h1-2,9,15H,3-8,10-14H2,(H,18,21). The number of hydrogen-bond acceptors (Lipinski definition) is 5. The Bertz CT molecular complexity index is 482. The van der Waals surface area contributed by atoms with Crippen molar-refractivity contribution in [2.75, 3.05) is 52.6 Å². The van der Waals surface area contributed by atoms with Crippen LogP contribution in [0.5, 0.6) is 0 Å². The van der Waals surface area contributed by atoms with E-state index in [0.717, 1.165) is 71.2 Å². The lowest BCUT2D eigenvalue weighted by Crippen LogP contribution is -2.51. The fourth-order valence-electron chi connectivity index (χ4n) is 3.20. The van der Waals surface area contributed by atoms with Gasteiger partial charge in [-0.2, -0.15) is 0 Å². The topological polar surface area (TPSA) is 67.2 Å². The first kappa shape index (κ1) is 17.3.